The molecule has 106 valence electrons. The Labute approximate surface area is 128 Å². The molecule has 2 aromatic rings. The van der Waals surface area contributed by atoms with Gasteiger partial charge in [-0.3, -0.25) is 0 Å². The zero-order valence-electron chi connectivity index (χ0n) is 11.8. The molecule has 1 N–H and O–H groups in total. The second kappa shape index (κ2) is 7.41. The lowest BCUT2D eigenvalue weighted by atomic mass is 10.1. The van der Waals surface area contributed by atoms with E-state index in [2.05, 4.69) is 50.5 Å². The van der Waals surface area contributed by atoms with Crippen molar-refractivity contribution < 1.29 is 4.74 Å². The molecule has 1 aromatic heterocycles. The number of benzene rings is 1. The summed E-state index contributed by atoms with van der Waals surface area (Å²) in [4.78, 5) is 4.28. The number of hydrogen-bond acceptors (Lipinski definition) is 3. The quantitative estimate of drug-likeness (QED) is 0.851. The number of nitrogens with zero attached hydrogens (tertiary/aromatic N) is 1. The summed E-state index contributed by atoms with van der Waals surface area (Å²) in [6.07, 6.45) is 2.05. The van der Waals surface area contributed by atoms with Crippen molar-refractivity contribution in [2.75, 3.05) is 5.32 Å². The first-order chi connectivity index (χ1) is 9.63. The smallest absolute Gasteiger partial charge is 0.126 e. The Morgan fingerprint density at radius 2 is 1.80 bits per heavy atom. The van der Waals surface area contributed by atoms with Crippen LogP contribution in [0.4, 0.5) is 5.82 Å². The van der Waals surface area contributed by atoms with Crippen LogP contribution < -0.4 is 5.32 Å². The van der Waals surface area contributed by atoms with Crippen LogP contribution in [0.2, 0.25) is 0 Å². The van der Waals surface area contributed by atoms with Crippen LogP contribution >= 0.6 is 15.9 Å². The van der Waals surface area contributed by atoms with Crippen LogP contribution in [0.25, 0.3) is 0 Å². The maximum atomic E-state index is 5.58. The molecule has 4 heteroatoms. The molecule has 0 amide bonds. The predicted octanol–water partition coefficient (Wildman–Crippen LogP) is 4.38. The van der Waals surface area contributed by atoms with Gasteiger partial charge in [-0.25, -0.2) is 4.98 Å². The molecule has 0 saturated carbocycles. The average Bonchev–Trinajstić information content (AvgIpc) is 2.45. The molecular weight excluding hydrogens is 316 g/mol. The van der Waals surface area contributed by atoms with E-state index in [0.717, 1.165) is 16.8 Å². The number of halogens is 1. The van der Waals surface area contributed by atoms with Gasteiger partial charge in [0.05, 0.1) is 12.7 Å². The van der Waals surface area contributed by atoms with Crippen molar-refractivity contribution in [3.63, 3.8) is 0 Å². The van der Waals surface area contributed by atoms with Crippen LogP contribution in [0.1, 0.15) is 25.0 Å². The highest BCUT2D eigenvalue weighted by Gasteiger charge is 1.98. The third-order valence-corrected chi connectivity index (χ3v) is 3.28. The molecule has 2 rings (SSSR count). The largest absolute Gasteiger partial charge is 0.374 e. The molecule has 0 fully saturated rings. The number of ether oxygens (including phenoxy) is 1. The van der Waals surface area contributed by atoms with Gasteiger partial charge in [0.25, 0.3) is 0 Å². The van der Waals surface area contributed by atoms with Gasteiger partial charge in [-0.05, 0) is 53.0 Å². The SMILES string of the molecule is CC(C)OCc1ccc(CNc2ccc(Br)cn2)cc1. The zero-order chi connectivity index (χ0) is 14.4. The Hall–Kier alpha value is -1.39. The lowest BCUT2D eigenvalue weighted by molar-refractivity contribution is 0.0657. The van der Waals surface area contributed by atoms with Crippen LogP contribution in [0.15, 0.2) is 47.1 Å². The predicted molar refractivity (Wildman–Crippen MR) is 85.6 cm³/mol. The maximum absolute atomic E-state index is 5.58. The Bertz CT molecular complexity index is 523. The number of pyridine rings is 1. The Balaban J connectivity index is 1.85. The van der Waals surface area contributed by atoms with E-state index in [1.807, 2.05) is 26.0 Å². The Morgan fingerprint density at radius 3 is 2.40 bits per heavy atom. The molecule has 0 saturated heterocycles. The van der Waals surface area contributed by atoms with Gasteiger partial charge >= 0.3 is 0 Å². The van der Waals surface area contributed by atoms with E-state index in [1.165, 1.54) is 11.1 Å². The third kappa shape index (κ3) is 4.94. The maximum Gasteiger partial charge on any atom is 0.126 e. The highest BCUT2D eigenvalue weighted by molar-refractivity contribution is 9.10. The molecule has 20 heavy (non-hydrogen) atoms. The van der Waals surface area contributed by atoms with Gasteiger partial charge in [0.15, 0.2) is 0 Å². The molecule has 0 aliphatic heterocycles. The summed E-state index contributed by atoms with van der Waals surface area (Å²) in [5.74, 6) is 0.875. The van der Waals surface area contributed by atoms with E-state index >= 15 is 0 Å². The molecular formula is C16H19BrN2O. The fourth-order valence-corrected chi connectivity index (χ4v) is 1.92. The standard InChI is InChI=1S/C16H19BrN2O/c1-12(2)20-11-14-5-3-13(4-6-14)9-18-16-8-7-15(17)10-19-16/h3-8,10,12H,9,11H2,1-2H3,(H,18,19). The third-order valence-electron chi connectivity index (χ3n) is 2.81. The summed E-state index contributed by atoms with van der Waals surface area (Å²) in [7, 11) is 0. The van der Waals surface area contributed by atoms with Crippen molar-refractivity contribution in [2.45, 2.75) is 33.1 Å². The molecule has 3 nitrogen and oxygen atoms in total. The van der Waals surface area contributed by atoms with Crippen LogP contribution in [-0.4, -0.2) is 11.1 Å². The van der Waals surface area contributed by atoms with Crippen LogP contribution in [-0.2, 0) is 17.9 Å². The zero-order valence-corrected chi connectivity index (χ0v) is 13.4. The van der Waals surface area contributed by atoms with Crippen LogP contribution in [0.3, 0.4) is 0 Å². The van der Waals surface area contributed by atoms with Gasteiger partial charge in [0.1, 0.15) is 5.82 Å². The van der Waals surface area contributed by atoms with E-state index < -0.39 is 0 Å². The lowest BCUT2D eigenvalue weighted by Gasteiger charge is -2.09. The van der Waals surface area contributed by atoms with Crippen LogP contribution in [0.5, 0.6) is 0 Å². The van der Waals surface area contributed by atoms with Gasteiger partial charge in [-0.15, -0.1) is 0 Å². The van der Waals surface area contributed by atoms with E-state index in [9.17, 15) is 0 Å². The van der Waals surface area contributed by atoms with Crippen molar-refractivity contribution in [3.8, 4) is 0 Å². The molecule has 0 aliphatic carbocycles. The van der Waals surface area contributed by atoms with Crippen molar-refractivity contribution in [3.05, 3.63) is 58.2 Å². The molecule has 0 spiro atoms. The highest BCUT2D eigenvalue weighted by Crippen LogP contribution is 2.12. The fourth-order valence-electron chi connectivity index (χ4n) is 1.69. The van der Waals surface area contributed by atoms with Crippen molar-refractivity contribution in [2.24, 2.45) is 0 Å². The normalized spacial score (nSPS) is 10.8. The first-order valence-corrected chi connectivity index (χ1v) is 7.47. The van der Waals surface area contributed by atoms with Crippen molar-refractivity contribution >= 4 is 21.7 Å². The summed E-state index contributed by atoms with van der Waals surface area (Å²) < 4.78 is 6.56. The first-order valence-electron chi connectivity index (χ1n) is 6.68. The van der Waals surface area contributed by atoms with Gasteiger partial charge in [0.2, 0.25) is 0 Å². The van der Waals surface area contributed by atoms with Crippen molar-refractivity contribution in [1.82, 2.24) is 4.98 Å². The number of rotatable bonds is 6. The molecule has 1 heterocycles. The number of hydrogen-bond donors (Lipinski definition) is 1. The molecule has 0 unspecified atom stereocenters. The summed E-state index contributed by atoms with van der Waals surface area (Å²) in [6.45, 7) is 5.52. The second-order valence-electron chi connectivity index (χ2n) is 4.89. The van der Waals surface area contributed by atoms with E-state index in [0.29, 0.717) is 6.61 Å². The number of aromatic nitrogens is 1. The summed E-state index contributed by atoms with van der Waals surface area (Å²) >= 11 is 3.37. The average molecular weight is 335 g/mol. The summed E-state index contributed by atoms with van der Waals surface area (Å²) in [5.41, 5.74) is 2.42. The topological polar surface area (TPSA) is 34.1 Å². The van der Waals surface area contributed by atoms with Gasteiger partial charge < -0.3 is 10.1 Å². The first kappa shape index (κ1) is 15.0. The van der Waals surface area contributed by atoms with E-state index in [1.54, 1.807) is 6.20 Å². The van der Waals surface area contributed by atoms with Crippen molar-refractivity contribution in [1.29, 1.82) is 0 Å². The monoisotopic (exact) mass is 334 g/mol. The summed E-state index contributed by atoms with van der Waals surface area (Å²) in [5, 5.41) is 3.29. The lowest BCUT2D eigenvalue weighted by Crippen LogP contribution is -2.03. The minimum Gasteiger partial charge on any atom is -0.374 e. The minimum absolute atomic E-state index is 0.264. The summed E-state index contributed by atoms with van der Waals surface area (Å²) in [6, 6.07) is 12.4. The van der Waals surface area contributed by atoms with Crippen LogP contribution in [0, 0.1) is 0 Å². The molecule has 1 aromatic carbocycles. The Morgan fingerprint density at radius 1 is 1.10 bits per heavy atom. The molecule has 0 bridgehead atoms. The fraction of sp³-hybridized carbons (Fsp3) is 0.312. The number of nitrogens with one attached hydrogen (secondary N) is 1. The van der Waals surface area contributed by atoms with Gasteiger partial charge in [-0.2, -0.15) is 0 Å². The van der Waals surface area contributed by atoms with Gasteiger partial charge in [0, 0.05) is 17.2 Å². The molecule has 0 radical (unpaired) electrons. The van der Waals surface area contributed by atoms with Gasteiger partial charge in [-0.1, -0.05) is 24.3 Å². The minimum atomic E-state index is 0.264. The highest BCUT2D eigenvalue weighted by atomic mass is 79.9. The molecule has 0 atom stereocenters. The Kier molecular flexibility index (Phi) is 5.56. The van der Waals surface area contributed by atoms with E-state index in [4.69, 9.17) is 4.74 Å². The molecule has 0 aliphatic rings. The second-order valence-corrected chi connectivity index (χ2v) is 5.81. The van der Waals surface area contributed by atoms with E-state index in [-0.39, 0.29) is 6.10 Å². The number of anilines is 1.